The molecule has 1 unspecified atom stereocenters. The smallest absolute Gasteiger partial charge is 0.245 e. The van der Waals surface area contributed by atoms with Crippen LogP contribution in [0, 0.1) is 0 Å². The van der Waals surface area contributed by atoms with Crippen LogP contribution in [-0.2, 0) is 11.2 Å². The number of hydrogen-bond acceptors (Lipinski definition) is 4. The molecule has 4 rings (SSSR count). The molecule has 2 aromatic heterocycles. The van der Waals surface area contributed by atoms with E-state index in [1.54, 1.807) is 12.3 Å². The van der Waals surface area contributed by atoms with Gasteiger partial charge in [-0.05, 0) is 31.4 Å². The summed E-state index contributed by atoms with van der Waals surface area (Å²) in [6.07, 6.45) is 5.46. The van der Waals surface area contributed by atoms with Crippen LogP contribution in [0.2, 0.25) is 5.15 Å². The van der Waals surface area contributed by atoms with Gasteiger partial charge in [-0.2, -0.15) is 0 Å². The number of nitrogens with zero attached hydrogens (tertiary/aromatic N) is 5. The van der Waals surface area contributed by atoms with E-state index in [4.69, 9.17) is 11.6 Å². The Hall–Kier alpha value is -1.95. The third kappa shape index (κ3) is 2.18. The van der Waals surface area contributed by atoms with Crippen molar-refractivity contribution in [2.75, 3.05) is 13.1 Å². The van der Waals surface area contributed by atoms with Gasteiger partial charge in [0.2, 0.25) is 5.91 Å². The van der Waals surface area contributed by atoms with Gasteiger partial charge in [-0.1, -0.05) is 11.6 Å². The number of rotatable bonds is 2. The van der Waals surface area contributed by atoms with Crippen LogP contribution < -0.4 is 0 Å². The van der Waals surface area contributed by atoms with Crippen LogP contribution in [0.25, 0.3) is 11.4 Å². The molecule has 114 valence electrons. The number of carbonyl (C=O) groups excluding carboxylic acids is 1. The fourth-order valence-electron chi connectivity index (χ4n) is 3.30. The standard InChI is InChI=1S/C15H16ClN5O/c16-12-5-3-10(9-17-12)14-19-18-13-6-4-11(21(13)14)15(22)20-7-1-2-8-20/h3,5,9,11H,1-2,4,6-8H2. The van der Waals surface area contributed by atoms with Crippen LogP contribution >= 0.6 is 11.6 Å². The monoisotopic (exact) mass is 317 g/mol. The summed E-state index contributed by atoms with van der Waals surface area (Å²) in [7, 11) is 0. The fourth-order valence-corrected chi connectivity index (χ4v) is 3.42. The highest BCUT2D eigenvalue weighted by Gasteiger charge is 2.35. The third-order valence-corrected chi connectivity index (χ3v) is 4.63. The van der Waals surface area contributed by atoms with Gasteiger partial charge in [-0.25, -0.2) is 4.98 Å². The second-order valence-electron chi connectivity index (χ2n) is 5.77. The minimum Gasteiger partial charge on any atom is -0.341 e. The second-order valence-corrected chi connectivity index (χ2v) is 6.15. The van der Waals surface area contributed by atoms with Crippen LogP contribution in [0.1, 0.15) is 31.1 Å². The number of carbonyl (C=O) groups is 1. The average Bonchev–Trinajstić information content (AvgIpc) is 3.25. The number of amides is 1. The van der Waals surface area contributed by atoms with E-state index in [1.165, 1.54) is 0 Å². The number of pyridine rings is 1. The highest BCUT2D eigenvalue weighted by Crippen LogP contribution is 2.33. The van der Waals surface area contributed by atoms with Gasteiger partial charge in [0.05, 0.1) is 0 Å². The molecule has 0 aliphatic carbocycles. The summed E-state index contributed by atoms with van der Waals surface area (Å²) in [6.45, 7) is 1.73. The van der Waals surface area contributed by atoms with Crippen LogP contribution in [0.4, 0.5) is 0 Å². The van der Waals surface area contributed by atoms with E-state index in [-0.39, 0.29) is 11.9 Å². The largest absolute Gasteiger partial charge is 0.341 e. The molecular formula is C15H16ClN5O. The minimum absolute atomic E-state index is 0.186. The molecular weight excluding hydrogens is 302 g/mol. The molecule has 2 aliphatic heterocycles. The molecule has 0 aromatic carbocycles. The van der Waals surface area contributed by atoms with E-state index in [2.05, 4.69) is 15.2 Å². The van der Waals surface area contributed by atoms with Crippen molar-refractivity contribution < 1.29 is 4.79 Å². The SMILES string of the molecule is O=C(C1CCc2nnc(-c3ccc(Cl)nc3)n21)N1CCCC1. The molecule has 4 heterocycles. The first-order chi connectivity index (χ1) is 10.7. The first kappa shape index (κ1) is 13.7. The Balaban J connectivity index is 1.70. The van der Waals surface area contributed by atoms with Gasteiger partial charge in [0.1, 0.15) is 17.0 Å². The minimum atomic E-state index is -0.186. The Kier molecular flexibility index (Phi) is 3.33. The average molecular weight is 318 g/mol. The molecule has 1 fully saturated rings. The van der Waals surface area contributed by atoms with Crippen LogP contribution in [0.15, 0.2) is 18.3 Å². The van der Waals surface area contributed by atoms with Crippen molar-refractivity contribution in [2.45, 2.75) is 31.7 Å². The number of hydrogen-bond donors (Lipinski definition) is 0. The Morgan fingerprint density at radius 1 is 1.23 bits per heavy atom. The van der Waals surface area contributed by atoms with Crippen molar-refractivity contribution in [1.82, 2.24) is 24.6 Å². The van der Waals surface area contributed by atoms with E-state index >= 15 is 0 Å². The molecule has 7 heteroatoms. The summed E-state index contributed by atoms with van der Waals surface area (Å²) in [6, 6.07) is 3.40. The first-order valence-electron chi connectivity index (χ1n) is 7.58. The molecule has 0 bridgehead atoms. The molecule has 0 saturated carbocycles. The zero-order valence-corrected chi connectivity index (χ0v) is 12.8. The summed E-state index contributed by atoms with van der Waals surface area (Å²) in [5.74, 6) is 1.77. The van der Waals surface area contributed by atoms with Crippen LogP contribution in [0.3, 0.4) is 0 Å². The lowest BCUT2D eigenvalue weighted by atomic mass is 10.2. The summed E-state index contributed by atoms with van der Waals surface area (Å²) in [5.41, 5.74) is 0.837. The van der Waals surface area contributed by atoms with Gasteiger partial charge < -0.3 is 4.90 Å². The molecule has 0 spiro atoms. The van der Waals surface area contributed by atoms with Gasteiger partial charge in [0.15, 0.2) is 5.82 Å². The molecule has 6 nitrogen and oxygen atoms in total. The number of aryl methyl sites for hydroxylation is 1. The Morgan fingerprint density at radius 3 is 2.77 bits per heavy atom. The van der Waals surface area contributed by atoms with Gasteiger partial charge >= 0.3 is 0 Å². The summed E-state index contributed by atoms with van der Waals surface area (Å²) >= 11 is 5.84. The van der Waals surface area contributed by atoms with Crippen LogP contribution in [0.5, 0.6) is 0 Å². The van der Waals surface area contributed by atoms with Gasteiger partial charge in [-0.15, -0.1) is 10.2 Å². The molecule has 1 atom stereocenters. The number of fused-ring (bicyclic) bond motifs is 1. The molecule has 0 N–H and O–H groups in total. The fraction of sp³-hybridized carbons (Fsp3) is 0.467. The lowest BCUT2D eigenvalue weighted by molar-refractivity contribution is -0.133. The quantitative estimate of drug-likeness (QED) is 0.796. The maximum Gasteiger partial charge on any atom is 0.245 e. The van der Waals surface area contributed by atoms with Crippen molar-refractivity contribution >= 4 is 17.5 Å². The molecule has 1 saturated heterocycles. The summed E-state index contributed by atoms with van der Waals surface area (Å²) in [4.78, 5) is 18.8. The predicted molar refractivity (Wildman–Crippen MR) is 81.4 cm³/mol. The Labute approximate surface area is 133 Å². The lowest BCUT2D eigenvalue weighted by Gasteiger charge is -2.22. The number of aromatic nitrogens is 4. The molecule has 2 aliphatic rings. The van der Waals surface area contributed by atoms with Crippen molar-refractivity contribution in [3.05, 3.63) is 29.3 Å². The number of likely N-dealkylation sites (tertiary alicyclic amines) is 1. The van der Waals surface area contributed by atoms with E-state index in [0.29, 0.717) is 11.0 Å². The maximum absolute atomic E-state index is 12.8. The van der Waals surface area contributed by atoms with Crippen molar-refractivity contribution in [2.24, 2.45) is 0 Å². The Morgan fingerprint density at radius 2 is 2.05 bits per heavy atom. The van der Waals surface area contributed by atoms with Gasteiger partial charge in [0.25, 0.3) is 0 Å². The zero-order chi connectivity index (χ0) is 15.1. The molecule has 0 radical (unpaired) electrons. The number of halogens is 1. The third-order valence-electron chi connectivity index (χ3n) is 4.41. The second kappa shape index (κ2) is 5.35. The van der Waals surface area contributed by atoms with E-state index in [1.807, 2.05) is 15.5 Å². The maximum atomic E-state index is 12.8. The normalized spacial score (nSPS) is 20.4. The predicted octanol–water partition coefficient (Wildman–Crippen LogP) is 2.10. The topological polar surface area (TPSA) is 63.9 Å². The zero-order valence-electron chi connectivity index (χ0n) is 12.1. The highest BCUT2D eigenvalue weighted by atomic mass is 35.5. The van der Waals surface area contributed by atoms with E-state index in [9.17, 15) is 4.79 Å². The van der Waals surface area contributed by atoms with Crippen molar-refractivity contribution in [3.63, 3.8) is 0 Å². The van der Waals surface area contributed by atoms with Crippen LogP contribution in [-0.4, -0.2) is 43.6 Å². The molecule has 2 aromatic rings. The van der Waals surface area contributed by atoms with Gasteiger partial charge in [0, 0.05) is 31.3 Å². The summed E-state index contributed by atoms with van der Waals surface area (Å²) in [5, 5.41) is 8.93. The van der Waals surface area contributed by atoms with Crippen molar-refractivity contribution in [3.8, 4) is 11.4 Å². The molecule has 22 heavy (non-hydrogen) atoms. The van der Waals surface area contributed by atoms with Crippen molar-refractivity contribution in [1.29, 1.82) is 0 Å². The summed E-state index contributed by atoms with van der Waals surface area (Å²) < 4.78 is 1.98. The first-order valence-corrected chi connectivity index (χ1v) is 7.96. The Bertz CT molecular complexity index is 705. The molecule has 1 amide bonds. The highest BCUT2D eigenvalue weighted by molar-refractivity contribution is 6.29. The van der Waals surface area contributed by atoms with E-state index < -0.39 is 0 Å². The van der Waals surface area contributed by atoms with Gasteiger partial charge in [-0.3, -0.25) is 9.36 Å². The van der Waals surface area contributed by atoms with E-state index in [0.717, 1.165) is 50.2 Å². The lowest BCUT2D eigenvalue weighted by Crippen LogP contribution is -2.34.